The Kier molecular flexibility index (Phi) is 4.09. The monoisotopic (exact) mass is 227 g/mol. The molecule has 1 unspecified atom stereocenters. The molecule has 0 aliphatic carbocycles. The molecule has 0 aromatic heterocycles. The van der Waals surface area contributed by atoms with Crippen LogP contribution in [0.5, 0.6) is 0 Å². The van der Waals surface area contributed by atoms with E-state index in [-0.39, 0.29) is 5.44 Å². The smallest absolute Gasteiger partial charge is 0.243 e. The van der Waals surface area contributed by atoms with Crippen LogP contribution in [-0.2, 0) is 16.0 Å². The lowest BCUT2D eigenvalue weighted by Crippen LogP contribution is -2.13. The molecule has 1 aromatic carbocycles. The Labute approximate surface area is 89.0 Å². The molecule has 5 heteroatoms. The largest absolute Gasteiger partial charge is 0.340 e. The summed E-state index contributed by atoms with van der Waals surface area (Å²) in [5.74, 6) is 0. The molecule has 4 nitrogen and oxygen atoms in total. The van der Waals surface area contributed by atoms with Crippen molar-refractivity contribution in [2.24, 2.45) is 0 Å². The Bertz CT molecular complexity index is 372. The summed E-state index contributed by atoms with van der Waals surface area (Å²) in [6, 6.07) is 9.49. The number of nitrogens with one attached hydrogen (secondary N) is 1. The van der Waals surface area contributed by atoms with Gasteiger partial charge >= 0.3 is 0 Å². The van der Waals surface area contributed by atoms with Crippen molar-refractivity contribution in [3.05, 3.63) is 47.9 Å². The van der Waals surface area contributed by atoms with Crippen molar-refractivity contribution < 1.29 is 14.3 Å². The van der Waals surface area contributed by atoms with E-state index < -0.39 is 7.37 Å². The highest BCUT2D eigenvalue weighted by atomic mass is 31.2. The third-order valence-electron chi connectivity index (χ3n) is 1.77. The van der Waals surface area contributed by atoms with E-state index in [2.05, 4.69) is 12.1 Å². The van der Waals surface area contributed by atoms with Gasteiger partial charge in [-0.3, -0.25) is 14.9 Å². The van der Waals surface area contributed by atoms with Crippen LogP contribution in [-0.4, -0.2) is 11.6 Å². The predicted molar refractivity (Wildman–Crippen MR) is 59.3 cm³/mol. The van der Waals surface area contributed by atoms with E-state index in [0.29, 0.717) is 6.61 Å². The number of benzene rings is 1. The fourth-order valence-corrected chi connectivity index (χ4v) is 1.10. The van der Waals surface area contributed by atoms with Crippen LogP contribution in [0.3, 0.4) is 0 Å². The maximum absolute atomic E-state index is 11.1. The molecule has 0 saturated carbocycles. The topological polar surface area (TPSA) is 58.6 Å². The molecule has 0 aliphatic heterocycles. The number of hydrogen-bond donors (Lipinski definition) is 2. The quantitative estimate of drug-likeness (QED) is 0.597. The molecule has 0 aliphatic rings. The second-order valence-electron chi connectivity index (χ2n) is 3.20. The molecule has 0 bridgehead atoms. The minimum Gasteiger partial charge on any atom is -0.340 e. The zero-order chi connectivity index (χ0) is 11.3. The highest BCUT2D eigenvalue weighted by Crippen LogP contribution is 2.42. The first-order chi connectivity index (χ1) is 7.00. The Hall–Kier alpha value is -1.09. The summed E-state index contributed by atoms with van der Waals surface area (Å²) in [6.07, 6.45) is 0. The van der Waals surface area contributed by atoms with Crippen LogP contribution in [0, 0.1) is 0 Å². The van der Waals surface area contributed by atoms with E-state index in [4.69, 9.17) is 9.73 Å². The Balaban J connectivity index is 2.35. The van der Waals surface area contributed by atoms with E-state index in [1.54, 1.807) is 0 Å². The molecule has 0 heterocycles. The Morgan fingerprint density at radius 3 is 2.67 bits per heavy atom. The van der Waals surface area contributed by atoms with Gasteiger partial charge in [0.25, 0.3) is 0 Å². The lowest BCUT2D eigenvalue weighted by Gasteiger charge is -2.11. The molecule has 1 rings (SSSR count). The normalized spacial score (nSPS) is 14.3. The SMILES string of the molecule is C=C(NOCc1ccccc1)P(C)(=O)O. The van der Waals surface area contributed by atoms with Gasteiger partial charge in [0.15, 0.2) is 0 Å². The Morgan fingerprint density at radius 2 is 2.13 bits per heavy atom. The summed E-state index contributed by atoms with van der Waals surface area (Å²) in [5, 5.41) is 0. The average Bonchev–Trinajstić information content (AvgIpc) is 2.18. The second kappa shape index (κ2) is 5.12. The summed E-state index contributed by atoms with van der Waals surface area (Å²) in [5.41, 5.74) is 3.34. The molecule has 82 valence electrons. The second-order valence-corrected chi connectivity index (χ2v) is 5.50. The maximum atomic E-state index is 11.1. The minimum atomic E-state index is -3.31. The highest BCUT2D eigenvalue weighted by molar-refractivity contribution is 7.61. The first kappa shape index (κ1) is 12.0. The van der Waals surface area contributed by atoms with Gasteiger partial charge in [-0.15, -0.1) is 0 Å². The van der Waals surface area contributed by atoms with Crippen LogP contribution < -0.4 is 5.48 Å². The van der Waals surface area contributed by atoms with E-state index in [0.717, 1.165) is 5.56 Å². The number of rotatable bonds is 5. The van der Waals surface area contributed by atoms with Crippen LogP contribution in [0.15, 0.2) is 42.3 Å². The predicted octanol–water partition coefficient (Wildman–Crippen LogP) is 2.08. The minimum absolute atomic E-state index is 0.00145. The van der Waals surface area contributed by atoms with Gasteiger partial charge in [0.05, 0.1) is 6.61 Å². The van der Waals surface area contributed by atoms with E-state index in [9.17, 15) is 4.57 Å². The van der Waals surface area contributed by atoms with Gasteiger partial charge in [-0.25, -0.2) is 0 Å². The number of hydroxylamine groups is 1. The fourth-order valence-electron chi connectivity index (χ4n) is 0.862. The average molecular weight is 227 g/mol. The first-order valence-corrected chi connectivity index (χ1v) is 6.52. The fraction of sp³-hybridized carbons (Fsp3) is 0.200. The van der Waals surface area contributed by atoms with Gasteiger partial charge in [-0.05, 0) is 5.56 Å². The van der Waals surface area contributed by atoms with Crippen molar-refractivity contribution in [3.8, 4) is 0 Å². The van der Waals surface area contributed by atoms with Crippen molar-refractivity contribution >= 4 is 7.37 Å². The first-order valence-electron chi connectivity index (χ1n) is 4.41. The zero-order valence-electron chi connectivity index (χ0n) is 8.51. The molecule has 15 heavy (non-hydrogen) atoms. The van der Waals surface area contributed by atoms with E-state index in [1.165, 1.54) is 6.66 Å². The molecule has 1 aromatic rings. The van der Waals surface area contributed by atoms with E-state index >= 15 is 0 Å². The molecule has 0 amide bonds. The van der Waals surface area contributed by atoms with Crippen LogP contribution in [0.1, 0.15) is 5.56 Å². The van der Waals surface area contributed by atoms with Gasteiger partial charge in [0.2, 0.25) is 7.37 Å². The lowest BCUT2D eigenvalue weighted by molar-refractivity contribution is 0.0536. The Morgan fingerprint density at radius 1 is 1.53 bits per heavy atom. The van der Waals surface area contributed by atoms with Crippen molar-refractivity contribution in [2.45, 2.75) is 6.61 Å². The molecule has 2 N–H and O–H groups in total. The van der Waals surface area contributed by atoms with Crippen LogP contribution in [0.2, 0.25) is 0 Å². The third-order valence-corrected chi connectivity index (χ3v) is 2.87. The molecule has 0 spiro atoms. The standard InChI is InChI=1S/C10H14NO3P/c1-9(15(2,12)13)11-14-8-10-6-4-3-5-7-10/h3-7,11H,1,8H2,2H3,(H,12,13). The van der Waals surface area contributed by atoms with Gasteiger partial charge in [0, 0.05) is 6.66 Å². The molecular weight excluding hydrogens is 213 g/mol. The molecular formula is C10H14NO3P. The lowest BCUT2D eigenvalue weighted by atomic mass is 10.2. The molecule has 0 fully saturated rings. The zero-order valence-corrected chi connectivity index (χ0v) is 9.41. The molecule has 0 radical (unpaired) electrons. The van der Waals surface area contributed by atoms with Gasteiger partial charge in [-0.2, -0.15) is 0 Å². The van der Waals surface area contributed by atoms with Gasteiger partial charge in [-0.1, -0.05) is 36.9 Å². The van der Waals surface area contributed by atoms with Gasteiger partial charge in [0.1, 0.15) is 5.44 Å². The number of hydrogen-bond acceptors (Lipinski definition) is 3. The van der Waals surface area contributed by atoms with Crippen molar-refractivity contribution in [3.63, 3.8) is 0 Å². The third kappa shape index (κ3) is 4.30. The van der Waals surface area contributed by atoms with Crippen molar-refractivity contribution in [2.75, 3.05) is 6.66 Å². The summed E-state index contributed by atoms with van der Waals surface area (Å²) in [6.45, 7) is 4.93. The molecule has 1 atom stereocenters. The van der Waals surface area contributed by atoms with Crippen LogP contribution >= 0.6 is 7.37 Å². The van der Waals surface area contributed by atoms with Crippen molar-refractivity contribution in [1.82, 2.24) is 5.48 Å². The van der Waals surface area contributed by atoms with E-state index in [1.807, 2.05) is 30.3 Å². The van der Waals surface area contributed by atoms with Crippen LogP contribution in [0.25, 0.3) is 0 Å². The van der Waals surface area contributed by atoms with Gasteiger partial charge < -0.3 is 4.89 Å². The highest BCUT2D eigenvalue weighted by Gasteiger charge is 2.14. The van der Waals surface area contributed by atoms with Crippen LogP contribution in [0.4, 0.5) is 0 Å². The maximum Gasteiger partial charge on any atom is 0.243 e. The molecule has 0 saturated heterocycles. The summed E-state index contributed by atoms with van der Waals surface area (Å²) >= 11 is 0. The summed E-state index contributed by atoms with van der Waals surface area (Å²) in [7, 11) is -3.31. The van der Waals surface area contributed by atoms with Crippen molar-refractivity contribution in [1.29, 1.82) is 0 Å². The summed E-state index contributed by atoms with van der Waals surface area (Å²) in [4.78, 5) is 14.1. The summed E-state index contributed by atoms with van der Waals surface area (Å²) < 4.78 is 11.1.